The SMILES string of the molecule is Cn1c(C(F)(F)F)cc(=O)n(-c2nc(C=O)c(Cl)cc2F)c1=O. The molecule has 0 spiro atoms. The van der Waals surface area contributed by atoms with Gasteiger partial charge in [0, 0.05) is 13.1 Å². The fourth-order valence-electron chi connectivity index (χ4n) is 1.80. The molecule has 122 valence electrons. The van der Waals surface area contributed by atoms with Crippen LogP contribution in [-0.4, -0.2) is 20.4 Å². The van der Waals surface area contributed by atoms with Crippen molar-refractivity contribution in [2.75, 3.05) is 0 Å². The second-order valence-corrected chi connectivity index (χ2v) is 4.73. The summed E-state index contributed by atoms with van der Waals surface area (Å²) in [7, 11) is 0.759. The molecule has 23 heavy (non-hydrogen) atoms. The summed E-state index contributed by atoms with van der Waals surface area (Å²) in [5.41, 5.74) is -4.91. The Morgan fingerprint density at radius 1 is 1.26 bits per heavy atom. The molecule has 0 aliphatic rings. The maximum absolute atomic E-state index is 13.9. The number of aromatic nitrogens is 3. The van der Waals surface area contributed by atoms with Gasteiger partial charge in [-0.1, -0.05) is 11.6 Å². The van der Waals surface area contributed by atoms with Crippen molar-refractivity contribution in [3.8, 4) is 5.82 Å². The zero-order valence-corrected chi connectivity index (χ0v) is 11.9. The highest BCUT2D eigenvalue weighted by atomic mass is 35.5. The number of aldehydes is 1. The number of alkyl halides is 3. The molecule has 0 amide bonds. The number of rotatable bonds is 2. The standard InChI is InChI=1S/C12H6ClF4N3O3/c1-19-8(12(15,16)17)3-9(22)20(11(19)23)10-6(14)2-5(13)7(4-21)18-10/h2-4H,1H3. The number of hydrogen-bond donors (Lipinski definition) is 0. The molecule has 0 bridgehead atoms. The summed E-state index contributed by atoms with van der Waals surface area (Å²) in [5.74, 6) is -2.17. The highest BCUT2D eigenvalue weighted by Crippen LogP contribution is 2.27. The van der Waals surface area contributed by atoms with Crippen LogP contribution in [0.2, 0.25) is 5.02 Å². The van der Waals surface area contributed by atoms with E-state index in [1.807, 2.05) is 0 Å². The van der Waals surface area contributed by atoms with Gasteiger partial charge in [-0.15, -0.1) is 0 Å². The lowest BCUT2D eigenvalue weighted by Gasteiger charge is -2.14. The van der Waals surface area contributed by atoms with Crippen molar-refractivity contribution in [2.24, 2.45) is 7.05 Å². The number of carbonyl (C=O) groups excluding carboxylic acids is 1. The second-order valence-electron chi connectivity index (χ2n) is 4.32. The molecule has 0 saturated heterocycles. The minimum atomic E-state index is -4.95. The molecule has 0 saturated carbocycles. The molecule has 2 rings (SSSR count). The van der Waals surface area contributed by atoms with Crippen LogP contribution in [-0.2, 0) is 13.2 Å². The molecule has 0 aliphatic carbocycles. The van der Waals surface area contributed by atoms with Crippen molar-refractivity contribution in [3.05, 3.63) is 55.2 Å². The highest BCUT2D eigenvalue weighted by Gasteiger charge is 2.35. The van der Waals surface area contributed by atoms with Gasteiger partial charge >= 0.3 is 11.9 Å². The van der Waals surface area contributed by atoms with E-state index in [-0.39, 0.29) is 26.5 Å². The minimum Gasteiger partial charge on any atom is -0.296 e. The van der Waals surface area contributed by atoms with Crippen LogP contribution in [0.3, 0.4) is 0 Å². The number of nitrogens with zero attached hydrogens (tertiary/aromatic N) is 3. The molecule has 0 N–H and O–H groups in total. The van der Waals surface area contributed by atoms with Crippen LogP contribution >= 0.6 is 11.6 Å². The van der Waals surface area contributed by atoms with E-state index in [1.165, 1.54) is 0 Å². The number of halogens is 5. The Hall–Kier alpha value is -2.49. The lowest BCUT2D eigenvalue weighted by atomic mass is 10.3. The summed E-state index contributed by atoms with van der Waals surface area (Å²) >= 11 is 5.53. The average molecular weight is 352 g/mol. The van der Waals surface area contributed by atoms with Gasteiger partial charge < -0.3 is 0 Å². The van der Waals surface area contributed by atoms with Crippen molar-refractivity contribution >= 4 is 17.9 Å². The Morgan fingerprint density at radius 2 is 1.87 bits per heavy atom. The molecule has 11 heteroatoms. The maximum Gasteiger partial charge on any atom is 0.431 e. The van der Waals surface area contributed by atoms with E-state index in [1.54, 1.807) is 0 Å². The monoisotopic (exact) mass is 351 g/mol. The average Bonchev–Trinajstić information content (AvgIpc) is 2.44. The van der Waals surface area contributed by atoms with Gasteiger partial charge in [-0.2, -0.15) is 13.2 Å². The maximum atomic E-state index is 13.9. The Balaban J connectivity index is 2.87. The first-order valence-electron chi connectivity index (χ1n) is 5.79. The highest BCUT2D eigenvalue weighted by molar-refractivity contribution is 6.32. The quantitative estimate of drug-likeness (QED) is 0.608. The van der Waals surface area contributed by atoms with Gasteiger partial charge in [-0.3, -0.25) is 14.2 Å². The largest absolute Gasteiger partial charge is 0.431 e. The first-order chi connectivity index (χ1) is 10.6. The summed E-state index contributed by atoms with van der Waals surface area (Å²) in [6.07, 6.45) is -4.81. The summed E-state index contributed by atoms with van der Waals surface area (Å²) in [4.78, 5) is 38.0. The normalized spacial score (nSPS) is 11.6. The van der Waals surface area contributed by atoms with Crippen molar-refractivity contribution in [3.63, 3.8) is 0 Å². The van der Waals surface area contributed by atoms with Gasteiger partial charge in [0.2, 0.25) is 0 Å². The van der Waals surface area contributed by atoms with E-state index in [9.17, 15) is 31.9 Å². The van der Waals surface area contributed by atoms with Gasteiger partial charge in [0.15, 0.2) is 17.9 Å². The van der Waals surface area contributed by atoms with Crippen LogP contribution in [0.15, 0.2) is 21.7 Å². The van der Waals surface area contributed by atoms with Crippen LogP contribution in [0.4, 0.5) is 17.6 Å². The van der Waals surface area contributed by atoms with Crippen molar-refractivity contribution in [1.82, 2.24) is 14.1 Å². The van der Waals surface area contributed by atoms with Crippen LogP contribution in [0, 0.1) is 5.82 Å². The van der Waals surface area contributed by atoms with E-state index in [4.69, 9.17) is 11.6 Å². The minimum absolute atomic E-state index is 0.0773. The van der Waals surface area contributed by atoms with Gasteiger partial charge in [-0.25, -0.2) is 18.7 Å². The van der Waals surface area contributed by atoms with E-state index >= 15 is 0 Å². The predicted octanol–water partition coefficient (Wildman–Crippen LogP) is 1.55. The number of pyridine rings is 1. The molecule has 0 aromatic carbocycles. The predicted molar refractivity (Wildman–Crippen MR) is 70.4 cm³/mol. The van der Waals surface area contributed by atoms with Gasteiger partial charge in [0.05, 0.1) is 5.02 Å². The van der Waals surface area contributed by atoms with E-state index in [0.29, 0.717) is 6.07 Å². The van der Waals surface area contributed by atoms with Crippen LogP contribution in [0.5, 0.6) is 0 Å². The molecule has 0 atom stereocenters. The number of carbonyl (C=O) groups is 1. The van der Waals surface area contributed by atoms with Crippen LogP contribution < -0.4 is 11.2 Å². The third-order valence-electron chi connectivity index (χ3n) is 2.87. The summed E-state index contributed by atoms with van der Waals surface area (Å²) < 4.78 is 52.3. The molecule has 0 aliphatic heterocycles. The van der Waals surface area contributed by atoms with Crippen molar-refractivity contribution < 1.29 is 22.4 Å². The van der Waals surface area contributed by atoms with Gasteiger partial charge in [0.25, 0.3) is 5.56 Å². The molecular formula is C12H6ClF4N3O3. The molecular weight excluding hydrogens is 346 g/mol. The third-order valence-corrected chi connectivity index (χ3v) is 3.17. The van der Waals surface area contributed by atoms with E-state index in [2.05, 4.69) is 4.98 Å². The zero-order chi connectivity index (χ0) is 17.5. The van der Waals surface area contributed by atoms with Crippen molar-refractivity contribution in [1.29, 1.82) is 0 Å². The summed E-state index contributed by atoms with van der Waals surface area (Å²) in [5, 5.41) is -0.377. The smallest absolute Gasteiger partial charge is 0.296 e. The molecule has 6 nitrogen and oxygen atoms in total. The molecule has 2 heterocycles. The molecule has 2 aromatic rings. The Labute approximate surface area is 129 Å². The fourth-order valence-corrected chi connectivity index (χ4v) is 1.99. The van der Waals surface area contributed by atoms with E-state index in [0.717, 1.165) is 7.05 Å². The lowest BCUT2D eigenvalue weighted by Crippen LogP contribution is -2.41. The Bertz CT molecular complexity index is 917. The van der Waals surface area contributed by atoms with Gasteiger partial charge in [0.1, 0.15) is 11.4 Å². The van der Waals surface area contributed by atoms with Gasteiger partial charge in [-0.05, 0) is 6.07 Å². The molecule has 0 radical (unpaired) electrons. The fraction of sp³-hybridized carbons (Fsp3) is 0.167. The Kier molecular flexibility index (Phi) is 4.12. The second kappa shape index (κ2) is 5.61. The lowest BCUT2D eigenvalue weighted by molar-refractivity contribution is -0.144. The third kappa shape index (κ3) is 2.89. The van der Waals surface area contributed by atoms with Crippen LogP contribution in [0.25, 0.3) is 5.82 Å². The Morgan fingerprint density at radius 3 is 2.39 bits per heavy atom. The molecule has 2 aromatic heterocycles. The van der Waals surface area contributed by atoms with E-state index < -0.39 is 40.4 Å². The topological polar surface area (TPSA) is 74.0 Å². The number of hydrogen-bond acceptors (Lipinski definition) is 4. The summed E-state index contributed by atoms with van der Waals surface area (Å²) in [6, 6.07) is 0.745. The first kappa shape index (κ1) is 16.9. The first-order valence-corrected chi connectivity index (χ1v) is 6.17. The summed E-state index contributed by atoms with van der Waals surface area (Å²) in [6.45, 7) is 0. The molecule has 0 fully saturated rings. The molecule has 0 unspecified atom stereocenters. The zero-order valence-electron chi connectivity index (χ0n) is 11.2. The van der Waals surface area contributed by atoms with Crippen LogP contribution in [0.1, 0.15) is 16.2 Å². The van der Waals surface area contributed by atoms with Crippen molar-refractivity contribution in [2.45, 2.75) is 6.18 Å².